The first-order valence-corrected chi connectivity index (χ1v) is 9.68. The summed E-state index contributed by atoms with van der Waals surface area (Å²) in [6.45, 7) is 5.38. The van der Waals surface area contributed by atoms with Crippen molar-refractivity contribution in [2.75, 3.05) is 5.75 Å². The summed E-state index contributed by atoms with van der Waals surface area (Å²) in [4.78, 5) is 12.7. The summed E-state index contributed by atoms with van der Waals surface area (Å²) in [5.74, 6) is -0.222. The largest absolute Gasteiger partial charge is 0.349 e. The molecule has 0 aromatic heterocycles. The van der Waals surface area contributed by atoms with E-state index in [9.17, 15) is 13.2 Å². The molecule has 0 saturated heterocycles. The molecule has 2 atom stereocenters. The van der Waals surface area contributed by atoms with Crippen molar-refractivity contribution in [3.63, 3.8) is 0 Å². The number of nitrogens with one attached hydrogen (secondary N) is 1. The van der Waals surface area contributed by atoms with Crippen molar-refractivity contribution in [1.82, 2.24) is 5.32 Å². The molecule has 0 aliphatic carbocycles. The molecule has 0 aliphatic rings. The summed E-state index contributed by atoms with van der Waals surface area (Å²) in [5, 5.41) is 2.98. The summed E-state index contributed by atoms with van der Waals surface area (Å²) in [5.41, 5.74) is 1.84. The summed E-state index contributed by atoms with van der Waals surface area (Å²) in [7, 11) is -3.20. The predicted molar refractivity (Wildman–Crippen MR) is 95.6 cm³/mol. The normalized spacial score (nSPS) is 14.0. The smallest absolute Gasteiger partial charge is 0.227 e. The highest BCUT2D eigenvalue weighted by Gasteiger charge is 2.18. The van der Waals surface area contributed by atoms with Crippen molar-refractivity contribution in [3.8, 4) is 0 Å². The molecular weight excluding hydrogens is 322 g/mol. The zero-order valence-corrected chi connectivity index (χ0v) is 15.0. The Labute approximate surface area is 143 Å². The van der Waals surface area contributed by atoms with E-state index in [1.165, 1.54) is 0 Å². The Bertz CT molecular complexity index is 783. The van der Waals surface area contributed by atoms with Gasteiger partial charge < -0.3 is 5.32 Å². The van der Waals surface area contributed by atoms with Gasteiger partial charge in [-0.25, -0.2) is 8.42 Å². The molecule has 0 unspecified atom stereocenters. The molecule has 0 bridgehead atoms. The van der Waals surface area contributed by atoms with Gasteiger partial charge in [0.05, 0.1) is 22.6 Å². The minimum atomic E-state index is -3.20. The average molecular weight is 345 g/mol. The Kier molecular flexibility index (Phi) is 5.78. The van der Waals surface area contributed by atoms with E-state index in [1.54, 1.807) is 31.2 Å². The Morgan fingerprint density at radius 1 is 0.958 bits per heavy atom. The van der Waals surface area contributed by atoms with Gasteiger partial charge in [0.15, 0.2) is 9.84 Å². The third-order valence-corrected chi connectivity index (χ3v) is 5.92. The lowest BCUT2D eigenvalue weighted by molar-refractivity contribution is -0.122. The van der Waals surface area contributed by atoms with Crippen molar-refractivity contribution in [2.45, 2.75) is 37.6 Å². The van der Waals surface area contributed by atoms with Crippen molar-refractivity contribution >= 4 is 15.7 Å². The standard InChI is InChI=1S/C19H23NO3S/c1-4-24(22,23)18-12-10-17(11-13-18)15(3)20-19(21)14(2)16-8-6-5-7-9-16/h5-15H,4H2,1-3H3,(H,20,21)/t14-,15+/m1/s1. The number of amides is 1. The third-order valence-electron chi connectivity index (χ3n) is 4.17. The van der Waals surface area contributed by atoms with E-state index in [2.05, 4.69) is 5.32 Å². The molecule has 1 amide bonds. The maximum atomic E-state index is 12.4. The predicted octanol–water partition coefficient (Wildman–Crippen LogP) is 3.46. The molecule has 128 valence electrons. The highest BCUT2D eigenvalue weighted by molar-refractivity contribution is 7.91. The summed E-state index contributed by atoms with van der Waals surface area (Å²) in [6, 6.07) is 16.1. The van der Waals surface area contributed by atoms with Gasteiger partial charge in [-0.15, -0.1) is 0 Å². The first-order valence-electron chi connectivity index (χ1n) is 8.03. The second-order valence-electron chi connectivity index (χ2n) is 5.84. The molecule has 4 nitrogen and oxygen atoms in total. The fourth-order valence-electron chi connectivity index (χ4n) is 2.45. The molecule has 2 aromatic carbocycles. The highest BCUT2D eigenvalue weighted by Crippen LogP contribution is 2.20. The van der Waals surface area contributed by atoms with Crippen LogP contribution < -0.4 is 5.32 Å². The Hall–Kier alpha value is -2.14. The van der Waals surface area contributed by atoms with E-state index in [0.29, 0.717) is 4.90 Å². The van der Waals surface area contributed by atoms with Crippen molar-refractivity contribution in [2.24, 2.45) is 0 Å². The summed E-state index contributed by atoms with van der Waals surface area (Å²) in [6.07, 6.45) is 0. The second-order valence-corrected chi connectivity index (χ2v) is 8.11. The highest BCUT2D eigenvalue weighted by atomic mass is 32.2. The SMILES string of the molecule is CCS(=O)(=O)c1ccc([C@H](C)NC(=O)[C@H](C)c2ccccc2)cc1. The number of sulfone groups is 1. The molecule has 0 fully saturated rings. The topological polar surface area (TPSA) is 63.2 Å². The molecule has 24 heavy (non-hydrogen) atoms. The molecule has 0 radical (unpaired) electrons. The fraction of sp³-hybridized carbons (Fsp3) is 0.316. The molecule has 0 aliphatic heterocycles. The van der Waals surface area contributed by atoms with Crippen molar-refractivity contribution in [1.29, 1.82) is 0 Å². The maximum absolute atomic E-state index is 12.4. The number of rotatable bonds is 6. The van der Waals surface area contributed by atoms with E-state index in [1.807, 2.05) is 44.2 Å². The Morgan fingerprint density at radius 3 is 2.08 bits per heavy atom. The van der Waals surface area contributed by atoms with Crippen LogP contribution in [0.25, 0.3) is 0 Å². The molecule has 2 aromatic rings. The van der Waals surface area contributed by atoms with Gasteiger partial charge in [-0.3, -0.25) is 4.79 Å². The van der Waals surface area contributed by atoms with Crippen LogP contribution in [-0.4, -0.2) is 20.1 Å². The van der Waals surface area contributed by atoms with Crippen LogP contribution in [0.5, 0.6) is 0 Å². The van der Waals surface area contributed by atoms with Gasteiger partial charge in [-0.2, -0.15) is 0 Å². The number of hydrogen-bond donors (Lipinski definition) is 1. The first-order chi connectivity index (χ1) is 11.3. The zero-order chi connectivity index (χ0) is 17.7. The second kappa shape index (κ2) is 7.62. The van der Waals surface area contributed by atoms with Crippen LogP contribution in [0.3, 0.4) is 0 Å². The molecule has 0 heterocycles. The quantitative estimate of drug-likeness (QED) is 0.872. The molecular formula is C19H23NO3S. The van der Waals surface area contributed by atoms with Crippen LogP contribution in [0.15, 0.2) is 59.5 Å². The van der Waals surface area contributed by atoms with Gasteiger partial charge in [0, 0.05) is 0 Å². The molecule has 5 heteroatoms. The number of carbonyl (C=O) groups excluding carboxylic acids is 1. The molecule has 0 spiro atoms. The van der Waals surface area contributed by atoms with Crippen LogP contribution in [0, 0.1) is 0 Å². The van der Waals surface area contributed by atoms with E-state index >= 15 is 0 Å². The lowest BCUT2D eigenvalue weighted by Crippen LogP contribution is -2.30. The van der Waals surface area contributed by atoms with Crippen LogP contribution in [0.1, 0.15) is 43.9 Å². The maximum Gasteiger partial charge on any atom is 0.227 e. The van der Waals surface area contributed by atoms with Gasteiger partial charge in [-0.05, 0) is 37.1 Å². The Balaban J connectivity index is 2.07. The lowest BCUT2D eigenvalue weighted by Gasteiger charge is -2.18. The fourth-order valence-corrected chi connectivity index (χ4v) is 3.33. The number of benzene rings is 2. The number of hydrogen-bond acceptors (Lipinski definition) is 3. The third kappa shape index (κ3) is 4.23. The summed E-state index contributed by atoms with van der Waals surface area (Å²) >= 11 is 0. The molecule has 1 N–H and O–H groups in total. The molecule has 2 rings (SSSR count). The van der Waals surface area contributed by atoms with Gasteiger partial charge in [0.25, 0.3) is 0 Å². The minimum Gasteiger partial charge on any atom is -0.349 e. The van der Waals surface area contributed by atoms with Gasteiger partial charge in [-0.1, -0.05) is 49.4 Å². The number of carbonyl (C=O) groups is 1. The monoisotopic (exact) mass is 345 g/mol. The first kappa shape index (κ1) is 18.2. The van der Waals surface area contributed by atoms with E-state index in [0.717, 1.165) is 11.1 Å². The van der Waals surface area contributed by atoms with Crippen LogP contribution >= 0.6 is 0 Å². The van der Waals surface area contributed by atoms with Gasteiger partial charge in [0.1, 0.15) is 0 Å². The van der Waals surface area contributed by atoms with Crippen LogP contribution in [0.4, 0.5) is 0 Å². The van der Waals surface area contributed by atoms with E-state index in [-0.39, 0.29) is 23.6 Å². The Morgan fingerprint density at radius 2 is 1.54 bits per heavy atom. The average Bonchev–Trinajstić information content (AvgIpc) is 2.61. The lowest BCUT2D eigenvalue weighted by atomic mass is 9.99. The van der Waals surface area contributed by atoms with Crippen molar-refractivity contribution in [3.05, 3.63) is 65.7 Å². The van der Waals surface area contributed by atoms with E-state index in [4.69, 9.17) is 0 Å². The zero-order valence-electron chi connectivity index (χ0n) is 14.2. The molecule has 0 saturated carbocycles. The van der Waals surface area contributed by atoms with Crippen LogP contribution in [0.2, 0.25) is 0 Å². The van der Waals surface area contributed by atoms with Crippen LogP contribution in [-0.2, 0) is 14.6 Å². The van der Waals surface area contributed by atoms with Crippen molar-refractivity contribution < 1.29 is 13.2 Å². The van der Waals surface area contributed by atoms with Gasteiger partial charge in [0.2, 0.25) is 5.91 Å². The minimum absolute atomic E-state index is 0.0565. The summed E-state index contributed by atoms with van der Waals surface area (Å²) < 4.78 is 23.7. The van der Waals surface area contributed by atoms with Gasteiger partial charge >= 0.3 is 0 Å². The van der Waals surface area contributed by atoms with E-state index < -0.39 is 9.84 Å².